The largest absolute Gasteiger partial charge is 0.391 e. The minimum atomic E-state index is -0.359. The number of hydrogen-bond acceptors (Lipinski definition) is 3. The van der Waals surface area contributed by atoms with Crippen LogP contribution in [0.25, 0.3) is 0 Å². The Hall–Kier alpha value is -1.04. The van der Waals surface area contributed by atoms with Gasteiger partial charge in [-0.2, -0.15) is 0 Å². The van der Waals surface area contributed by atoms with E-state index in [9.17, 15) is 9.90 Å². The summed E-state index contributed by atoms with van der Waals surface area (Å²) in [6, 6.07) is 1.95. The first-order valence-electron chi connectivity index (χ1n) is 5.91. The van der Waals surface area contributed by atoms with E-state index in [-0.39, 0.29) is 30.3 Å². The number of aryl methyl sites for hydroxylation is 2. The molecule has 1 aromatic rings. The number of carbonyl (C=O) groups excluding carboxylic acids is 1. The van der Waals surface area contributed by atoms with Crippen LogP contribution in [0, 0.1) is 19.8 Å². The minimum absolute atomic E-state index is 0. The highest BCUT2D eigenvalue weighted by atomic mass is 35.5. The van der Waals surface area contributed by atoms with Crippen LogP contribution in [0.3, 0.4) is 0 Å². The van der Waals surface area contributed by atoms with E-state index in [1.807, 2.05) is 19.9 Å². The molecule has 0 saturated carbocycles. The third kappa shape index (κ3) is 3.25. The molecule has 1 fully saturated rings. The number of H-pyrrole nitrogens is 1. The van der Waals surface area contributed by atoms with Gasteiger partial charge in [0.2, 0.25) is 0 Å². The molecule has 1 aromatic heterocycles. The maximum atomic E-state index is 11.9. The summed E-state index contributed by atoms with van der Waals surface area (Å²) in [5.41, 5.74) is 2.54. The Labute approximate surface area is 113 Å². The van der Waals surface area contributed by atoms with Crippen LogP contribution < -0.4 is 10.6 Å². The van der Waals surface area contributed by atoms with Crippen molar-refractivity contribution in [3.8, 4) is 0 Å². The molecule has 0 bridgehead atoms. The molecule has 2 rings (SSSR count). The highest BCUT2D eigenvalue weighted by Gasteiger charge is 2.25. The van der Waals surface area contributed by atoms with Crippen LogP contribution >= 0.6 is 12.4 Å². The lowest BCUT2D eigenvalue weighted by Crippen LogP contribution is -2.34. The molecule has 0 radical (unpaired) electrons. The molecular weight excluding hydrogens is 254 g/mol. The highest BCUT2D eigenvalue weighted by Crippen LogP contribution is 2.10. The van der Waals surface area contributed by atoms with E-state index in [1.54, 1.807) is 0 Å². The number of halogens is 1. The molecule has 5 nitrogen and oxygen atoms in total. The van der Waals surface area contributed by atoms with Crippen molar-refractivity contribution in [3.63, 3.8) is 0 Å². The molecular formula is C12H20ClN3O2. The van der Waals surface area contributed by atoms with Gasteiger partial charge in [-0.15, -0.1) is 12.4 Å². The van der Waals surface area contributed by atoms with E-state index in [2.05, 4.69) is 15.6 Å². The first kappa shape index (κ1) is 15.0. The molecule has 1 aliphatic heterocycles. The van der Waals surface area contributed by atoms with Gasteiger partial charge in [0.1, 0.15) is 5.69 Å². The Bertz CT molecular complexity index is 419. The van der Waals surface area contributed by atoms with E-state index < -0.39 is 0 Å². The van der Waals surface area contributed by atoms with Crippen LogP contribution in [0.15, 0.2) is 6.07 Å². The van der Waals surface area contributed by atoms with Gasteiger partial charge in [0.15, 0.2) is 0 Å². The van der Waals surface area contributed by atoms with Crippen molar-refractivity contribution in [3.05, 3.63) is 23.0 Å². The predicted molar refractivity (Wildman–Crippen MR) is 72.2 cm³/mol. The molecule has 4 N–H and O–H groups in total. The summed E-state index contributed by atoms with van der Waals surface area (Å²) in [6.45, 7) is 5.70. The van der Waals surface area contributed by atoms with Gasteiger partial charge in [-0.25, -0.2) is 0 Å². The predicted octanol–water partition coefficient (Wildman–Crippen LogP) is 0.363. The number of amides is 1. The molecule has 2 atom stereocenters. The van der Waals surface area contributed by atoms with E-state index >= 15 is 0 Å². The van der Waals surface area contributed by atoms with E-state index in [0.29, 0.717) is 18.8 Å². The van der Waals surface area contributed by atoms with Gasteiger partial charge in [-0.05, 0) is 25.5 Å². The monoisotopic (exact) mass is 273 g/mol. The zero-order chi connectivity index (χ0) is 12.4. The zero-order valence-corrected chi connectivity index (χ0v) is 11.4. The molecule has 0 spiro atoms. The summed E-state index contributed by atoms with van der Waals surface area (Å²) < 4.78 is 0. The molecule has 18 heavy (non-hydrogen) atoms. The second-order valence-electron chi connectivity index (χ2n) is 4.71. The molecule has 0 aromatic carbocycles. The Morgan fingerprint density at radius 3 is 2.72 bits per heavy atom. The second kappa shape index (κ2) is 6.22. The maximum absolute atomic E-state index is 11.9. The molecule has 6 heteroatoms. The van der Waals surface area contributed by atoms with Crippen molar-refractivity contribution in [2.45, 2.75) is 20.0 Å². The van der Waals surface area contributed by atoms with Crippen LogP contribution in [-0.4, -0.2) is 41.7 Å². The van der Waals surface area contributed by atoms with E-state index in [4.69, 9.17) is 0 Å². The van der Waals surface area contributed by atoms with Crippen molar-refractivity contribution in [1.82, 2.24) is 15.6 Å². The number of carbonyl (C=O) groups is 1. The van der Waals surface area contributed by atoms with Crippen LogP contribution in [0.4, 0.5) is 0 Å². The van der Waals surface area contributed by atoms with E-state index in [0.717, 1.165) is 17.8 Å². The summed E-state index contributed by atoms with van der Waals surface area (Å²) in [7, 11) is 0. The van der Waals surface area contributed by atoms with Gasteiger partial charge in [0.05, 0.1) is 6.10 Å². The fourth-order valence-electron chi connectivity index (χ4n) is 2.20. The number of aliphatic hydroxyl groups excluding tert-OH is 1. The lowest BCUT2D eigenvalue weighted by molar-refractivity contribution is 0.0922. The van der Waals surface area contributed by atoms with Gasteiger partial charge in [0.25, 0.3) is 5.91 Å². The summed E-state index contributed by atoms with van der Waals surface area (Å²) in [5.74, 6) is 0.00464. The molecule has 0 aliphatic carbocycles. The Morgan fingerprint density at radius 1 is 1.50 bits per heavy atom. The third-order valence-electron chi connectivity index (χ3n) is 3.21. The number of hydrogen-bond donors (Lipinski definition) is 4. The van der Waals surface area contributed by atoms with Crippen LogP contribution in [0.5, 0.6) is 0 Å². The van der Waals surface area contributed by atoms with Gasteiger partial charge in [-0.1, -0.05) is 0 Å². The number of β-amino-alcohol motifs (C(OH)–C–C–N with tert-alkyl or cyclic N) is 1. The Balaban J connectivity index is 0.00000162. The second-order valence-corrected chi connectivity index (χ2v) is 4.71. The highest BCUT2D eigenvalue weighted by molar-refractivity contribution is 5.93. The Morgan fingerprint density at radius 2 is 2.22 bits per heavy atom. The fraction of sp³-hybridized carbons (Fsp3) is 0.583. The molecule has 1 amide bonds. The molecule has 2 heterocycles. The lowest BCUT2D eigenvalue weighted by Gasteiger charge is -2.13. The van der Waals surface area contributed by atoms with Crippen LogP contribution in [0.2, 0.25) is 0 Å². The SMILES string of the molecule is Cc1cc(C)c(C(=O)NCC2CNCC2O)[nH]1.Cl. The number of aromatic nitrogens is 1. The van der Waals surface area contributed by atoms with Gasteiger partial charge < -0.3 is 20.7 Å². The van der Waals surface area contributed by atoms with Crippen molar-refractivity contribution in [1.29, 1.82) is 0 Å². The lowest BCUT2D eigenvalue weighted by atomic mass is 10.1. The maximum Gasteiger partial charge on any atom is 0.267 e. The normalized spacial score (nSPS) is 22.6. The Kier molecular flexibility index (Phi) is 5.19. The number of rotatable bonds is 3. The fourth-order valence-corrected chi connectivity index (χ4v) is 2.20. The van der Waals surface area contributed by atoms with Crippen LogP contribution in [0.1, 0.15) is 21.7 Å². The molecule has 102 valence electrons. The average Bonchev–Trinajstić information content (AvgIpc) is 2.81. The smallest absolute Gasteiger partial charge is 0.267 e. The van der Waals surface area contributed by atoms with Gasteiger partial charge in [0, 0.05) is 31.2 Å². The van der Waals surface area contributed by atoms with E-state index in [1.165, 1.54) is 0 Å². The number of nitrogens with one attached hydrogen (secondary N) is 3. The first-order chi connectivity index (χ1) is 8.08. The van der Waals surface area contributed by atoms with Crippen molar-refractivity contribution < 1.29 is 9.90 Å². The van der Waals surface area contributed by atoms with Crippen molar-refractivity contribution >= 4 is 18.3 Å². The van der Waals surface area contributed by atoms with Crippen molar-refractivity contribution in [2.24, 2.45) is 5.92 Å². The number of aromatic amines is 1. The molecule has 1 aliphatic rings. The first-order valence-corrected chi connectivity index (χ1v) is 5.91. The zero-order valence-electron chi connectivity index (χ0n) is 10.6. The molecule has 2 unspecified atom stereocenters. The molecule has 1 saturated heterocycles. The third-order valence-corrected chi connectivity index (χ3v) is 3.21. The summed E-state index contributed by atoms with van der Waals surface area (Å²) >= 11 is 0. The quantitative estimate of drug-likeness (QED) is 0.642. The minimum Gasteiger partial charge on any atom is -0.391 e. The summed E-state index contributed by atoms with van der Waals surface area (Å²) in [5, 5.41) is 15.6. The van der Waals surface area contributed by atoms with Crippen molar-refractivity contribution in [2.75, 3.05) is 19.6 Å². The average molecular weight is 274 g/mol. The van der Waals surface area contributed by atoms with Gasteiger partial charge in [-0.3, -0.25) is 4.79 Å². The topological polar surface area (TPSA) is 77.2 Å². The number of aliphatic hydroxyl groups is 1. The van der Waals surface area contributed by atoms with Crippen LogP contribution in [-0.2, 0) is 0 Å². The summed E-state index contributed by atoms with van der Waals surface area (Å²) in [6.07, 6.45) is -0.359. The van der Waals surface area contributed by atoms with Gasteiger partial charge >= 0.3 is 0 Å². The standard InChI is InChI=1S/C12H19N3O2.ClH/c1-7-3-8(2)15-11(7)12(17)14-5-9-4-13-6-10(9)16;/h3,9-10,13,15-16H,4-6H2,1-2H3,(H,14,17);1H. The summed E-state index contributed by atoms with van der Waals surface area (Å²) in [4.78, 5) is 14.9.